The van der Waals surface area contributed by atoms with E-state index in [0.29, 0.717) is 21.9 Å². The van der Waals surface area contributed by atoms with E-state index in [9.17, 15) is 9.59 Å². The first kappa shape index (κ1) is 11.7. The van der Waals surface area contributed by atoms with E-state index in [1.165, 1.54) is 12.1 Å². The number of fused-ring (bicyclic) bond motifs is 1. The molecule has 1 aromatic heterocycles. The fraction of sp³-hybridized carbons (Fsp3) is 0.100. The van der Waals surface area contributed by atoms with Gasteiger partial charge in [0.05, 0.1) is 16.7 Å². The van der Waals surface area contributed by atoms with Crippen LogP contribution < -0.4 is 10.4 Å². The zero-order chi connectivity index (χ0) is 13.3. The van der Waals surface area contributed by atoms with Gasteiger partial charge in [0.1, 0.15) is 5.82 Å². The van der Waals surface area contributed by atoms with E-state index in [1.54, 1.807) is 18.4 Å². The zero-order valence-corrected chi connectivity index (χ0v) is 9.34. The highest BCUT2D eigenvalue weighted by Crippen LogP contribution is 2.19. The summed E-state index contributed by atoms with van der Waals surface area (Å²) in [4.78, 5) is 28.6. The van der Waals surface area contributed by atoms with Crippen molar-refractivity contribution >= 4 is 28.9 Å². The molecule has 0 atom stereocenters. The van der Waals surface area contributed by atoms with Crippen molar-refractivity contribution in [1.82, 2.24) is 15.4 Å². The average molecular weight is 250 g/mol. The van der Waals surface area contributed by atoms with Crippen molar-refractivity contribution in [2.75, 3.05) is 5.01 Å². The molecule has 0 unspecified atom stereocenters. The van der Waals surface area contributed by atoms with Gasteiger partial charge in [0.15, 0.2) is 0 Å². The number of H-pyrrole nitrogens is 1. The number of nitrogens with one attached hydrogen (secondary N) is 2. The van der Waals surface area contributed by atoms with Crippen LogP contribution >= 0.6 is 0 Å². The van der Waals surface area contributed by atoms with Crippen LogP contribution in [0.5, 0.6) is 0 Å². The molecule has 8 nitrogen and oxygen atoms in total. The van der Waals surface area contributed by atoms with Crippen molar-refractivity contribution in [1.29, 1.82) is 0 Å². The Bertz CT molecular complexity index is 621. The maximum Gasteiger partial charge on any atom is 0.431 e. The van der Waals surface area contributed by atoms with Crippen LogP contribution in [-0.2, 0) is 0 Å². The molecule has 4 N–H and O–H groups in total. The highest BCUT2D eigenvalue weighted by Gasteiger charge is 2.17. The Balaban J connectivity index is 2.43. The van der Waals surface area contributed by atoms with Gasteiger partial charge in [-0.1, -0.05) is 0 Å². The van der Waals surface area contributed by atoms with E-state index in [4.69, 9.17) is 10.2 Å². The Hall–Kier alpha value is -2.77. The Morgan fingerprint density at radius 1 is 1.39 bits per heavy atom. The molecule has 94 valence electrons. The number of aromatic amines is 1. The summed E-state index contributed by atoms with van der Waals surface area (Å²) in [5.74, 6) is 0.690. The Kier molecular flexibility index (Phi) is 2.76. The summed E-state index contributed by atoms with van der Waals surface area (Å²) >= 11 is 0. The quantitative estimate of drug-likeness (QED) is 0.572. The number of imidazole rings is 1. The Morgan fingerprint density at radius 2 is 2.11 bits per heavy atom. The van der Waals surface area contributed by atoms with Crippen LogP contribution in [0.1, 0.15) is 5.82 Å². The third-order valence-electron chi connectivity index (χ3n) is 2.24. The van der Waals surface area contributed by atoms with Gasteiger partial charge >= 0.3 is 12.2 Å². The summed E-state index contributed by atoms with van der Waals surface area (Å²) < 4.78 is 0. The lowest BCUT2D eigenvalue weighted by atomic mass is 10.3. The highest BCUT2D eigenvalue weighted by atomic mass is 16.4. The smallest absolute Gasteiger partial charge is 0.431 e. The third-order valence-corrected chi connectivity index (χ3v) is 2.24. The minimum atomic E-state index is -1.46. The number of nitrogens with zero attached hydrogens (tertiary/aromatic N) is 2. The molecule has 0 aliphatic rings. The lowest BCUT2D eigenvalue weighted by Crippen LogP contribution is -2.45. The number of rotatable bonds is 1. The van der Waals surface area contributed by atoms with Crippen LogP contribution in [0.2, 0.25) is 0 Å². The molecule has 2 amide bonds. The van der Waals surface area contributed by atoms with Crippen molar-refractivity contribution in [3.05, 3.63) is 24.0 Å². The van der Waals surface area contributed by atoms with Gasteiger partial charge in [0.2, 0.25) is 0 Å². The molecule has 2 rings (SSSR count). The van der Waals surface area contributed by atoms with Crippen LogP contribution in [0, 0.1) is 6.92 Å². The minimum Gasteiger partial charge on any atom is -0.464 e. The number of hydrazine groups is 1. The molecular formula is C10H10N4O4. The number of carboxylic acid groups (broad SMARTS) is 2. The number of anilines is 1. The second-order valence-electron chi connectivity index (χ2n) is 3.56. The van der Waals surface area contributed by atoms with Crippen LogP contribution in [0.25, 0.3) is 11.0 Å². The summed E-state index contributed by atoms with van der Waals surface area (Å²) in [7, 11) is 0. The summed E-state index contributed by atoms with van der Waals surface area (Å²) in [6, 6.07) is 4.57. The van der Waals surface area contributed by atoms with E-state index in [1.807, 2.05) is 0 Å². The molecule has 0 saturated carbocycles. The van der Waals surface area contributed by atoms with E-state index < -0.39 is 12.2 Å². The summed E-state index contributed by atoms with van der Waals surface area (Å²) in [5.41, 5.74) is 3.27. The van der Waals surface area contributed by atoms with E-state index in [-0.39, 0.29) is 5.69 Å². The van der Waals surface area contributed by atoms with E-state index >= 15 is 0 Å². The van der Waals surface area contributed by atoms with Crippen molar-refractivity contribution in [3.63, 3.8) is 0 Å². The molecule has 0 aliphatic heterocycles. The SMILES string of the molecule is Cc1nc2ccc(N(NC(=O)O)C(=O)O)cc2[nH]1. The number of hydrogen-bond acceptors (Lipinski definition) is 3. The van der Waals surface area contributed by atoms with Gasteiger partial charge < -0.3 is 15.2 Å². The number of amides is 2. The first-order valence-corrected chi connectivity index (χ1v) is 4.96. The molecule has 2 aromatic rings. The molecule has 0 aliphatic carbocycles. The molecule has 1 aromatic carbocycles. The second-order valence-corrected chi connectivity index (χ2v) is 3.56. The van der Waals surface area contributed by atoms with Gasteiger partial charge in [-0.15, -0.1) is 0 Å². The Labute approximate surface area is 101 Å². The fourth-order valence-corrected chi connectivity index (χ4v) is 1.58. The third kappa shape index (κ3) is 2.17. The predicted octanol–water partition coefficient (Wildman–Crippen LogP) is 1.54. The monoisotopic (exact) mass is 250 g/mol. The Morgan fingerprint density at radius 3 is 2.72 bits per heavy atom. The molecule has 0 fully saturated rings. The van der Waals surface area contributed by atoms with Gasteiger partial charge in [0, 0.05) is 0 Å². The molecular weight excluding hydrogens is 240 g/mol. The lowest BCUT2D eigenvalue weighted by molar-refractivity contribution is 0.181. The number of benzene rings is 1. The molecule has 0 radical (unpaired) electrons. The summed E-state index contributed by atoms with van der Waals surface area (Å²) in [6.45, 7) is 1.77. The molecule has 0 bridgehead atoms. The van der Waals surface area contributed by atoms with E-state index in [0.717, 1.165) is 0 Å². The van der Waals surface area contributed by atoms with Crippen molar-refractivity contribution in [3.8, 4) is 0 Å². The van der Waals surface area contributed by atoms with Crippen LogP contribution in [-0.4, -0.2) is 32.4 Å². The van der Waals surface area contributed by atoms with Crippen molar-refractivity contribution in [2.45, 2.75) is 6.92 Å². The van der Waals surface area contributed by atoms with Crippen molar-refractivity contribution in [2.24, 2.45) is 0 Å². The molecule has 1 heterocycles. The molecule has 0 spiro atoms. The largest absolute Gasteiger partial charge is 0.464 e. The average Bonchev–Trinajstić information content (AvgIpc) is 2.64. The first-order chi connectivity index (χ1) is 8.47. The standard InChI is InChI=1S/C10H10N4O4/c1-5-11-7-3-2-6(4-8(7)12-5)14(10(17)18)13-9(15)16/h2-4,13H,1H3,(H,11,12)(H,15,16)(H,17,18). The highest BCUT2D eigenvalue weighted by molar-refractivity contribution is 5.91. The number of aromatic nitrogens is 2. The zero-order valence-electron chi connectivity index (χ0n) is 9.34. The van der Waals surface area contributed by atoms with Crippen LogP contribution in [0.3, 0.4) is 0 Å². The second kappa shape index (κ2) is 4.24. The molecule has 8 heteroatoms. The van der Waals surface area contributed by atoms with Gasteiger partial charge in [-0.2, -0.15) is 5.01 Å². The lowest BCUT2D eigenvalue weighted by Gasteiger charge is -2.17. The summed E-state index contributed by atoms with van der Waals surface area (Å²) in [6.07, 6.45) is -2.88. The number of carbonyl (C=O) groups is 2. The van der Waals surface area contributed by atoms with Gasteiger partial charge in [-0.3, -0.25) is 0 Å². The van der Waals surface area contributed by atoms with Crippen LogP contribution in [0.4, 0.5) is 15.3 Å². The molecule has 0 saturated heterocycles. The minimum absolute atomic E-state index is 0.182. The van der Waals surface area contributed by atoms with Gasteiger partial charge in [-0.05, 0) is 25.1 Å². The fourth-order valence-electron chi connectivity index (χ4n) is 1.58. The maximum absolute atomic E-state index is 11.0. The van der Waals surface area contributed by atoms with Crippen LogP contribution in [0.15, 0.2) is 18.2 Å². The normalized spacial score (nSPS) is 10.3. The summed E-state index contributed by atoms with van der Waals surface area (Å²) in [5, 5.41) is 18.0. The molecule has 18 heavy (non-hydrogen) atoms. The topological polar surface area (TPSA) is 119 Å². The number of aryl methyl sites for hydroxylation is 1. The van der Waals surface area contributed by atoms with Gasteiger partial charge in [-0.25, -0.2) is 20.0 Å². The first-order valence-electron chi connectivity index (χ1n) is 4.96. The maximum atomic E-state index is 11.0. The van der Waals surface area contributed by atoms with Crippen molar-refractivity contribution < 1.29 is 19.8 Å². The van der Waals surface area contributed by atoms with E-state index in [2.05, 4.69) is 9.97 Å². The number of hydrogen-bond donors (Lipinski definition) is 4. The predicted molar refractivity (Wildman–Crippen MR) is 62.5 cm³/mol. The van der Waals surface area contributed by atoms with Gasteiger partial charge in [0.25, 0.3) is 0 Å².